The molecule has 0 aromatic heterocycles. The second kappa shape index (κ2) is 10.1. The van der Waals surface area contributed by atoms with E-state index < -0.39 is 12.2 Å². The molecule has 0 radical (unpaired) electrons. The van der Waals surface area contributed by atoms with Gasteiger partial charge in [0.25, 0.3) is 0 Å². The van der Waals surface area contributed by atoms with Crippen molar-refractivity contribution in [3.63, 3.8) is 0 Å². The van der Waals surface area contributed by atoms with Crippen molar-refractivity contribution in [2.45, 2.75) is 37.5 Å². The Morgan fingerprint density at radius 2 is 1.52 bits per heavy atom. The molecule has 0 bridgehead atoms. The van der Waals surface area contributed by atoms with Gasteiger partial charge in [-0.15, -0.1) is 0 Å². The predicted octanol–water partition coefficient (Wildman–Crippen LogP) is 5.10. The van der Waals surface area contributed by atoms with Gasteiger partial charge in [-0.3, -0.25) is 0 Å². The van der Waals surface area contributed by atoms with Crippen LogP contribution in [0.5, 0.6) is 0 Å². The van der Waals surface area contributed by atoms with Crippen molar-refractivity contribution in [1.82, 2.24) is 5.32 Å². The summed E-state index contributed by atoms with van der Waals surface area (Å²) in [6.07, 6.45) is 2.03. The molecule has 0 heterocycles. The first-order chi connectivity index (χ1) is 15.1. The van der Waals surface area contributed by atoms with E-state index in [0.29, 0.717) is 6.54 Å². The van der Waals surface area contributed by atoms with Crippen LogP contribution in [0.25, 0.3) is 0 Å². The van der Waals surface area contributed by atoms with Crippen LogP contribution in [-0.4, -0.2) is 24.4 Å². The van der Waals surface area contributed by atoms with Crippen molar-refractivity contribution in [2.75, 3.05) is 13.2 Å². The number of aryl methyl sites for hydroxylation is 1. The molecule has 1 aliphatic carbocycles. The molecule has 2 atom stereocenters. The van der Waals surface area contributed by atoms with E-state index in [9.17, 15) is 13.9 Å². The fourth-order valence-corrected chi connectivity index (χ4v) is 4.17. The Hall–Kier alpha value is -2.60. The number of hydrogen-bond donors (Lipinski definition) is 2. The summed E-state index contributed by atoms with van der Waals surface area (Å²) >= 11 is 0. The smallest absolute Gasteiger partial charge is 0.123 e. The molecule has 3 nitrogen and oxygen atoms in total. The third-order valence-corrected chi connectivity index (χ3v) is 5.77. The van der Waals surface area contributed by atoms with Crippen molar-refractivity contribution in [2.24, 2.45) is 0 Å². The molecule has 31 heavy (non-hydrogen) atoms. The third-order valence-electron chi connectivity index (χ3n) is 5.77. The monoisotopic (exact) mass is 423 g/mol. The summed E-state index contributed by atoms with van der Waals surface area (Å²) in [5, 5.41) is 14.0. The van der Waals surface area contributed by atoms with Gasteiger partial charge in [0.15, 0.2) is 0 Å². The van der Waals surface area contributed by atoms with Crippen molar-refractivity contribution >= 4 is 0 Å². The summed E-state index contributed by atoms with van der Waals surface area (Å²) in [5.41, 5.74) is 4.16. The summed E-state index contributed by atoms with van der Waals surface area (Å²) in [6.45, 7) is 0.499. The first kappa shape index (κ1) is 21.6. The molecule has 0 amide bonds. The second-order valence-corrected chi connectivity index (χ2v) is 8.02. The summed E-state index contributed by atoms with van der Waals surface area (Å²) in [7, 11) is 0. The highest BCUT2D eigenvalue weighted by Gasteiger charge is 2.21. The van der Waals surface area contributed by atoms with E-state index in [1.54, 1.807) is 24.3 Å². The van der Waals surface area contributed by atoms with Gasteiger partial charge < -0.3 is 15.2 Å². The van der Waals surface area contributed by atoms with Gasteiger partial charge in [-0.05, 0) is 65.8 Å². The highest BCUT2D eigenvalue weighted by molar-refractivity contribution is 5.32. The maximum Gasteiger partial charge on any atom is 0.123 e. The van der Waals surface area contributed by atoms with Gasteiger partial charge in [-0.25, -0.2) is 8.78 Å². The standard InChI is InChI=1S/C26H27F2NO2/c27-21-12-8-19(9-13-21)26(20-10-14-22(28)15-11-20)31-17-23(30)16-29-25-7-3-5-18-4-1-2-6-24(18)25/h1-2,4,6,8-15,23,25-26,29-30H,3,5,7,16-17H2/t23-,25-/m1/s1. The largest absolute Gasteiger partial charge is 0.389 e. The van der Waals surface area contributed by atoms with E-state index in [2.05, 4.69) is 23.5 Å². The van der Waals surface area contributed by atoms with E-state index >= 15 is 0 Å². The van der Waals surface area contributed by atoms with Crippen LogP contribution >= 0.6 is 0 Å². The van der Waals surface area contributed by atoms with Gasteiger partial charge in [0.2, 0.25) is 0 Å². The molecule has 1 aliphatic rings. The molecule has 0 saturated heterocycles. The maximum absolute atomic E-state index is 13.4. The Morgan fingerprint density at radius 1 is 0.903 bits per heavy atom. The topological polar surface area (TPSA) is 41.5 Å². The SMILES string of the molecule is O[C@H](CN[C@@H]1CCCc2ccccc21)COC(c1ccc(F)cc1)c1ccc(F)cc1. The molecule has 0 saturated carbocycles. The zero-order valence-corrected chi connectivity index (χ0v) is 17.3. The van der Waals surface area contributed by atoms with E-state index in [4.69, 9.17) is 4.74 Å². The van der Waals surface area contributed by atoms with Gasteiger partial charge in [-0.1, -0.05) is 48.5 Å². The molecule has 0 fully saturated rings. The lowest BCUT2D eigenvalue weighted by atomic mass is 9.88. The van der Waals surface area contributed by atoms with Crippen molar-refractivity contribution in [1.29, 1.82) is 0 Å². The van der Waals surface area contributed by atoms with Crippen LogP contribution in [-0.2, 0) is 11.2 Å². The molecular weight excluding hydrogens is 396 g/mol. The minimum atomic E-state index is -0.711. The van der Waals surface area contributed by atoms with E-state index in [1.165, 1.54) is 35.4 Å². The van der Waals surface area contributed by atoms with Crippen LogP contribution in [0.4, 0.5) is 8.78 Å². The molecule has 4 rings (SSSR count). The molecule has 5 heteroatoms. The molecule has 0 aliphatic heterocycles. The van der Waals surface area contributed by atoms with E-state index in [-0.39, 0.29) is 24.3 Å². The normalized spacial score (nSPS) is 16.8. The fourth-order valence-electron chi connectivity index (χ4n) is 4.17. The van der Waals surface area contributed by atoms with Crippen molar-refractivity contribution in [3.05, 3.63) is 107 Å². The average Bonchev–Trinajstić information content (AvgIpc) is 2.80. The Bertz CT molecular complexity index is 930. The summed E-state index contributed by atoms with van der Waals surface area (Å²) in [4.78, 5) is 0. The minimum absolute atomic E-state index is 0.0980. The molecule has 162 valence electrons. The lowest BCUT2D eigenvalue weighted by Gasteiger charge is -2.28. The number of fused-ring (bicyclic) bond motifs is 1. The van der Waals surface area contributed by atoms with Crippen LogP contribution in [0.15, 0.2) is 72.8 Å². The van der Waals surface area contributed by atoms with Crippen LogP contribution in [0.3, 0.4) is 0 Å². The summed E-state index contributed by atoms with van der Waals surface area (Å²) < 4.78 is 32.8. The summed E-state index contributed by atoms with van der Waals surface area (Å²) in [6, 6.07) is 20.7. The number of ether oxygens (including phenoxy) is 1. The maximum atomic E-state index is 13.4. The van der Waals surface area contributed by atoms with Gasteiger partial charge in [0.05, 0.1) is 12.7 Å². The zero-order chi connectivity index (χ0) is 21.6. The lowest BCUT2D eigenvalue weighted by molar-refractivity contribution is 0.00537. The van der Waals surface area contributed by atoms with Crippen LogP contribution in [0, 0.1) is 11.6 Å². The molecule has 0 unspecified atom stereocenters. The number of nitrogens with one attached hydrogen (secondary N) is 1. The first-order valence-electron chi connectivity index (χ1n) is 10.7. The Labute approximate surface area is 181 Å². The number of aliphatic hydroxyl groups excluding tert-OH is 1. The first-order valence-corrected chi connectivity index (χ1v) is 10.7. The number of benzene rings is 3. The average molecular weight is 424 g/mol. The van der Waals surface area contributed by atoms with E-state index in [1.807, 2.05) is 6.07 Å². The van der Waals surface area contributed by atoms with Crippen molar-refractivity contribution < 1.29 is 18.6 Å². The van der Waals surface area contributed by atoms with E-state index in [0.717, 1.165) is 30.4 Å². The van der Waals surface area contributed by atoms with Gasteiger partial charge in [-0.2, -0.15) is 0 Å². The zero-order valence-electron chi connectivity index (χ0n) is 17.3. The number of aliphatic hydroxyl groups is 1. The Morgan fingerprint density at radius 3 is 2.16 bits per heavy atom. The van der Waals surface area contributed by atoms with Crippen LogP contribution < -0.4 is 5.32 Å². The molecule has 3 aromatic rings. The quantitative estimate of drug-likeness (QED) is 0.530. The van der Waals surface area contributed by atoms with Gasteiger partial charge in [0, 0.05) is 12.6 Å². The molecular formula is C26H27F2NO2. The minimum Gasteiger partial charge on any atom is -0.389 e. The number of halogens is 2. The molecule has 0 spiro atoms. The summed E-state index contributed by atoms with van der Waals surface area (Å²) in [5.74, 6) is -0.669. The number of rotatable bonds is 8. The highest BCUT2D eigenvalue weighted by atomic mass is 19.1. The lowest BCUT2D eigenvalue weighted by Crippen LogP contribution is -2.35. The fraction of sp³-hybridized carbons (Fsp3) is 0.308. The predicted molar refractivity (Wildman–Crippen MR) is 117 cm³/mol. The molecule has 2 N–H and O–H groups in total. The van der Waals surface area contributed by atoms with Gasteiger partial charge in [0.1, 0.15) is 17.7 Å². The highest BCUT2D eigenvalue weighted by Crippen LogP contribution is 2.30. The second-order valence-electron chi connectivity index (χ2n) is 8.02. The van der Waals surface area contributed by atoms with Gasteiger partial charge >= 0.3 is 0 Å². The molecule has 3 aromatic carbocycles. The Balaban J connectivity index is 1.39. The van der Waals surface area contributed by atoms with Crippen LogP contribution in [0.1, 0.15) is 47.2 Å². The number of hydrogen-bond acceptors (Lipinski definition) is 3. The third kappa shape index (κ3) is 5.56. The Kier molecular flexibility index (Phi) is 7.07. The van der Waals surface area contributed by atoms with Crippen LogP contribution in [0.2, 0.25) is 0 Å². The van der Waals surface area contributed by atoms with Crippen molar-refractivity contribution in [3.8, 4) is 0 Å².